The number of imide groups is 1. The number of aliphatic imine (C=N–C) groups is 1. The summed E-state index contributed by atoms with van der Waals surface area (Å²) >= 11 is 0. The molecule has 1 aromatic rings. The maximum absolute atomic E-state index is 14.5. The molecule has 0 aliphatic carbocycles. The number of anilines is 1. The molecule has 8 heteroatoms. The quantitative estimate of drug-likeness (QED) is 0.768. The van der Waals surface area contributed by atoms with Crippen molar-refractivity contribution in [3.05, 3.63) is 54.1 Å². The van der Waals surface area contributed by atoms with Gasteiger partial charge >= 0.3 is 6.03 Å². The molecule has 3 aliphatic rings. The van der Waals surface area contributed by atoms with Crippen molar-refractivity contribution >= 4 is 23.6 Å². The number of rotatable bonds is 3. The second-order valence-corrected chi connectivity index (χ2v) is 6.75. The number of carbonyl (C=O) groups excluding carboxylic acids is 2. The van der Waals surface area contributed by atoms with Crippen LogP contribution in [-0.2, 0) is 4.79 Å². The van der Waals surface area contributed by atoms with Crippen LogP contribution in [0.2, 0.25) is 0 Å². The number of likely N-dealkylation sites (N-methyl/N-ethyl adjacent to an activating group) is 1. The number of guanidine groups is 1. The molecule has 1 aromatic carbocycles. The molecule has 0 saturated carbocycles. The lowest BCUT2D eigenvalue weighted by atomic mass is 10.1. The van der Waals surface area contributed by atoms with Crippen LogP contribution in [0.15, 0.2) is 53.3 Å². The largest absolute Gasteiger partial charge is 0.328 e. The molecule has 3 heterocycles. The molecule has 140 valence electrons. The number of halogens is 1. The van der Waals surface area contributed by atoms with Gasteiger partial charge in [-0.3, -0.25) is 19.5 Å². The van der Waals surface area contributed by atoms with E-state index in [1.54, 1.807) is 35.0 Å². The monoisotopic (exact) mass is 369 g/mol. The topological polar surface area (TPSA) is 59.5 Å². The Morgan fingerprint density at radius 1 is 1.22 bits per heavy atom. The zero-order valence-electron chi connectivity index (χ0n) is 15.4. The summed E-state index contributed by atoms with van der Waals surface area (Å²) in [5.74, 6) is -0.254. The van der Waals surface area contributed by atoms with Crippen LogP contribution in [0.25, 0.3) is 0 Å². The van der Waals surface area contributed by atoms with E-state index in [0.29, 0.717) is 11.6 Å². The number of allylic oxidation sites excluding steroid dienone is 2. The standard InChI is InChI=1S/C19H20FN5O2/c1-5-10-23-17(26)15-16(22(4)19(23)27)21-18-24(11(2)12(3)25(15)18)14-9-7-6-8-13(14)20/h5-9,15-16H,1,10H2,2-4H3. The Bertz CT molecular complexity index is 924. The number of hydrogen-bond acceptors (Lipinski definition) is 5. The highest BCUT2D eigenvalue weighted by Crippen LogP contribution is 2.40. The van der Waals surface area contributed by atoms with Gasteiger partial charge in [-0.25, -0.2) is 14.2 Å². The Hall–Kier alpha value is -3.16. The lowest BCUT2D eigenvalue weighted by molar-refractivity contribution is -0.136. The van der Waals surface area contributed by atoms with Crippen molar-refractivity contribution in [3.8, 4) is 0 Å². The predicted molar refractivity (Wildman–Crippen MR) is 99.2 cm³/mol. The average molecular weight is 369 g/mol. The molecule has 0 N–H and O–H groups in total. The van der Waals surface area contributed by atoms with Gasteiger partial charge in [0, 0.05) is 25.0 Å². The normalized spacial score (nSPS) is 24.5. The summed E-state index contributed by atoms with van der Waals surface area (Å²) in [6, 6.07) is 5.34. The minimum Gasteiger partial charge on any atom is -0.302 e. The molecule has 2 atom stereocenters. The minimum absolute atomic E-state index is 0.132. The highest BCUT2D eigenvalue weighted by atomic mass is 19.1. The SMILES string of the molecule is C=CCN1C(=O)C2C(N=C3N(c4ccccc4F)C(C)=C(C)N32)N(C)C1=O. The molecular formula is C19H20FN5O2. The van der Waals surface area contributed by atoms with Crippen LogP contribution in [0.3, 0.4) is 0 Å². The van der Waals surface area contributed by atoms with Crippen molar-refractivity contribution in [3.63, 3.8) is 0 Å². The van der Waals surface area contributed by atoms with Crippen molar-refractivity contribution in [1.29, 1.82) is 0 Å². The van der Waals surface area contributed by atoms with Crippen molar-refractivity contribution < 1.29 is 14.0 Å². The van der Waals surface area contributed by atoms with Crippen molar-refractivity contribution in [2.75, 3.05) is 18.5 Å². The first-order chi connectivity index (χ1) is 12.9. The van der Waals surface area contributed by atoms with Gasteiger partial charge in [0.15, 0.2) is 12.2 Å². The maximum atomic E-state index is 14.5. The van der Waals surface area contributed by atoms with Crippen LogP contribution in [0.5, 0.6) is 0 Å². The fraction of sp³-hybridized carbons (Fsp3) is 0.316. The van der Waals surface area contributed by atoms with Gasteiger partial charge in [0.25, 0.3) is 5.91 Å². The van der Waals surface area contributed by atoms with E-state index in [2.05, 4.69) is 11.6 Å². The first-order valence-corrected chi connectivity index (χ1v) is 8.66. The van der Waals surface area contributed by atoms with Crippen molar-refractivity contribution in [2.45, 2.75) is 26.1 Å². The number of benzene rings is 1. The van der Waals surface area contributed by atoms with E-state index in [1.165, 1.54) is 21.9 Å². The zero-order chi connectivity index (χ0) is 19.5. The van der Waals surface area contributed by atoms with E-state index in [4.69, 9.17) is 0 Å². The summed E-state index contributed by atoms with van der Waals surface area (Å²) in [5.41, 5.74) is 1.96. The van der Waals surface area contributed by atoms with E-state index in [-0.39, 0.29) is 18.3 Å². The molecule has 2 unspecified atom stereocenters. The van der Waals surface area contributed by atoms with Crippen LogP contribution < -0.4 is 4.90 Å². The van der Waals surface area contributed by atoms with Gasteiger partial charge in [0.1, 0.15) is 5.82 Å². The highest BCUT2D eigenvalue weighted by Gasteiger charge is 2.55. The van der Waals surface area contributed by atoms with Crippen LogP contribution in [0.1, 0.15) is 13.8 Å². The summed E-state index contributed by atoms with van der Waals surface area (Å²) in [5, 5.41) is 0. The summed E-state index contributed by atoms with van der Waals surface area (Å²) in [6.45, 7) is 7.49. The number of fused-ring (bicyclic) bond motifs is 3. The highest BCUT2D eigenvalue weighted by molar-refractivity contribution is 6.10. The van der Waals surface area contributed by atoms with Crippen LogP contribution >= 0.6 is 0 Å². The third-order valence-corrected chi connectivity index (χ3v) is 5.30. The molecule has 0 radical (unpaired) electrons. The summed E-state index contributed by atoms with van der Waals surface area (Å²) in [6.07, 6.45) is 0.864. The van der Waals surface area contributed by atoms with E-state index in [0.717, 1.165) is 11.4 Å². The molecule has 7 nitrogen and oxygen atoms in total. The summed E-state index contributed by atoms with van der Waals surface area (Å²) in [4.78, 5) is 36.4. The molecule has 4 rings (SSSR count). The number of carbonyl (C=O) groups is 2. The molecular weight excluding hydrogens is 349 g/mol. The van der Waals surface area contributed by atoms with Gasteiger partial charge in [-0.2, -0.15) is 0 Å². The fourth-order valence-electron chi connectivity index (χ4n) is 3.83. The zero-order valence-corrected chi connectivity index (χ0v) is 15.4. The smallest absolute Gasteiger partial charge is 0.302 e. The minimum atomic E-state index is -0.672. The van der Waals surface area contributed by atoms with E-state index < -0.39 is 18.2 Å². The number of para-hydroxylation sites is 1. The summed E-state index contributed by atoms with van der Waals surface area (Å²) < 4.78 is 14.5. The molecule has 0 bridgehead atoms. The van der Waals surface area contributed by atoms with Crippen LogP contribution in [0.4, 0.5) is 14.9 Å². The van der Waals surface area contributed by atoms with Gasteiger partial charge in [0.05, 0.1) is 5.69 Å². The molecule has 1 saturated heterocycles. The van der Waals surface area contributed by atoms with Crippen LogP contribution in [0, 0.1) is 5.82 Å². The van der Waals surface area contributed by atoms with Crippen LogP contribution in [-0.4, -0.2) is 58.4 Å². The van der Waals surface area contributed by atoms with Gasteiger partial charge in [-0.05, 0) is 26.0 Å². The lowest BCUT2D eigenvalue weighted by Crippen LogP contribution is -2.64. The predicted octanol–water partition coefficient (Wildman–Crippen LogP) is 2.34. The Morgan fingerprint density at radius 2 is 1.93 bits per heavy atom. The molecule has 0 spiro atoms. The first kappa shape index (κ1) is 17.3. The van der Waals surface area contributed by atoms with Crippen molar-refractivity contribution in [1.82, 2.24) is 14.7 Å². The van der Waals surface area contributed by atoms with Gasteiger partial charge in [-0.1, -0.05) is 18.2 Å². The van der Waals surface area contributed by atoms with Gasteiger partial charge in [0.2, 0.25) is 5.96 Å². The third kappa shape index (κ3) is 2.22. The Kier molecular flexibility index (Phi) is 3.80. The summed E-state index contributed by atoms with van der Waals surface area (Å²) in [7, 11) is 1.62. The van der Waals surface area contributed by atoms with Gasteiger partial charge < -0.3 is 4.90 Å². The molecule has 27 heavy (non-hydrogen) atoms. The third-order valence-electron chi connectivity index (χ3n) is 5.30. The van der Waals surface area contributed by atoms with Crippen molar-refractivity contribution in [2.24, 2.45) is 4.99 Å². The second kappa shape index (κ2) is 5.94. The Labute approximate surface area is 156 Å². The molecule has 3 amide bonds. The fourth-order valence-corrected chi connectivity index (χ4v) is 3.83. The van der Waals surface area contributed by atoms with E-state index in [1.807, 2.05) is 13.8 Å². The molecule has 1 fully saturated rings. The maximum Gasteiger partial charge on any atom is 0.328 e. The first-order valence-electron chi connectivity index (χ1n) is 8.66. The number of urea groups is 1. The number of amides is 3. The molecule has 0 aromatic heterocycles. The Morgan fingerprint density at radius 3 is 2.59 bits per heavy atom. The van der Waals surface area contributed by atoms with E-state index >= 15 is 0 Å². The van der Waals surface area contributed by atoms with Gasteiger partial charge in [-0.15, -0.1) is 6.58 Å². The Balaban J connectivity index is 1.81. The average Bonchev–Trinajstić information content (AvgIpc) is 3.14. The molecule has 3 aliphatic heterocycles. The number of hydrogen-bond donors (Lipinski definition) is 0. The second-order valence-electron chi connectivity index (χ2n) is 6.75. The lowest BCUT2D eigenvalue weighted by Gasteiger charge is -2.40. The van der Waals surface area contributed by atoms with E-state index in [9.17, 15) is 14.0 Å². The number of nitrogens with zero attached hydrogens (tertiary/aromatic N) is 5.